The summed E-state index contributed by atoms with van der Waals surface area (Å²) in [6.45, 7) is 2.74. The molecular formula is C22H26N8O. The molecule has 9 nitrogen and oxygen atoms in total. The Morgan fingerprint density at radius 3 is 2.58 bits per heavy atom. The molecule has 2 fully saturated rings. The number of aryl methyl sites for hydroxylation is 3. The van der Waals surface area contributed by atoms with Crippen molar-refractivity contribution in [2.75, 3.05) is 5.32 Å². The van der Waals surface area contributed by atoms with Crippen LogP contribution >= 0.6 is 0 Å². The summed E-state index contributed by atoms with van der Waals surface area (Å²) >= 11 is 0. The number of pyridine rings is 1. The number of fused-ring (bicyclic) bond motifs is 3. The van der Waals surface area contributed by atoms with Crippen molar-refractivity contribution >= 4 is 39.5 Å². The number of hydrogen-bond donors (Lipinski definition) is 1. The number of anilines is 2. The minimum Gasteiger partial charge on any atom is -0.336 e. The molecule has 0 unspecified atom stereocenters. The fraction of sp³-hybridized carbons (Fsp3) is 0.455. The third-order valence-electron chi connectivity index (χ3n) is 6.32. The number of hydrogen-bond acceptors (Lipinski definition) is 5. The second-order valence-corrected chi connectivity index (χ2v) is 8.73. The van der Waals surface area contributed by atoms with Crippen LogP contribution in [-0.4, -0.2) is 51.8 Å². The summed E-state index contributed by atoms with van der Waals surface area (Å²) < 4.78 is 5.80. The first-order valence-corrected chi connectivity index (χ1v) is 11.0. The van der Waals surface area contributed by atoms with Gasteiger partial charge in [0.05, 0.1) is 23.7 Å². The van der Waals surface area contributed by atoms with E-state index >= 15 is 0 Å². The number of carbonyl (C=O) groups excluding carboxylic acids is 1. The lowest BCUT2D eigenvalue weighted by atomic mass is 10.2. The first kappa shape index (κ1) is 18.4. The first-order valence-electron chi connectivity index (χ1n) is 11.0. The molecule has 0 radical (unpaired) electrons. The van der Waals surface area contributed by atoms with Gasteiger partial charge < -0.3 is 19.4 Å². The maximum Gasteiger partial charge on any atom is 0.271 e. The van der Waals surface area contributed by atoms with Gasteiger partial charge >= 0.3 is 0 Å². The lowest BCUT2D eigenvalue weighted by Crippen LogP contribution is -2.36. The summed E-state index contributed by atoms with van der Waals surface area (Å²) in [5.74, 6) is 0.811. The fourth-order valence-electron chi connectivity index (χ4n) is 4.59. The predicted molar refractivity (Wildman–Crippen MR) is 118 cm³/mol. The molecule has 4 heterocycles. The molecule has 0 aromatic carbocycles. The molecule has 1 amide bonds. The van der Waals surface area contributed by atoms with Crippen molar-refractivity contribution in [3.8, 4) is 0 Å². The van der Waals surface area contributed by atoms with E-state index in [4.69, 9.17) is 4.98 Å². The highest BCUT2D eigenvalue weighted by atomic mass is 16.2. The highest BCUT2D eigenvalue weighted by Gasteiger charge is 2.43. The van der Waals surface area contributed by atoms with Crippen molar-refractivity contribution in [3.05, 3.63) is 30.5 Å². The van der Waals surface area contributed by atoms with Crippen LogP contribution in [0.25, 0.3) is 22.1 Å². The predicted octanol–water partition coefficient (Wildman–Crippen LogP) is 3.19. The van der Waals surface area contributed by atoms with Gasteiger partial charge in [-0.25, -0.2) is 9.97 Å². The zero-order chi connectivity index (χ0) is 21.3. The van der Waals surface area contributed by atoms with Crippen LogP contribution in [0, 0.1) is 0 Å². The van der Waals surface area contributed by atoms with Gasteiger partial charge in [0.2, 0.25) is 0 Å². The van der Waals surface area contributed by atoms with Crippen LogP contribution in [0.2, 0.25) is 0 Å². The molecule has 2 aliphatic carbocycles. The van der Waals surface area contributed by atoms with E-state index in [1.807, 2.05) is 30.9 Å². The Morgan fingerprint density at radius 1 is 1.23 bits per heavy atom. The van der Waals surface area contributed by atoms with E-state index in [0.717, 1.165) is 59.1 Å². The smallest absolute Gasteiger partial charge is 0.271 e. The summed E-state index contributed by atoms with van der Waals surface area (Å²) in [5.41, 5.74) is 4.14. The summed E-state index contributed by atoms with van der Waals surface area (Å²) in [6, 6.07) is 2.84. The van der Waals surface area contributed by atoms with Crippen LogP contribution in [0.5, 0.6) is 0 Å². The van der Waals surface area contributed by atoms with Crippen molar-refractivity contribution in [3.63, 3.8) is 0 Å². The number of nitrogens with zero attached hydrogens (tertiary/aromatic N) is 7. The highest BCUT2D eigenvalue weighted by Crippen LogP contribution is 2.39. The Kier molecular flexibility index (Phi) is 3.90. The van der Waals surface area contributed by atoms with Crippen LogP contribution in [0.15, 0.2) is 24.8 Å². The fourth-order valence-corrected chi connectivity index (χ4v) is 4.59. The van der Waals surface area contributed by atoms with Gasteiger partial charge in [0, 0.05) is 44.3 Å². The average Bonchev–Trinajstić information content (AvgIpc) is 3.66. The van der Waals surface area contributed by atoms with E-state index in [-0.39, 0.29) is 5.91 Å². The van der Waals surface area contributed by atoms with E-state index in [9.17, 15) is 4.79 Å². The molecule has 1 N–H and O–H groups in total. The van der Waals surface area contributed by atoms with E-state index in [0.29, 0.717) is 24.4 Å². The van der Waals surface area contributed by atoms with E-state index in [2.05, 4.69) is 31.8 Å². The zero-order valence-corrected chi connectivity index (χ0v) is 18.0. The van der Waals surface area contributed by atoms with Gasteiger partial charge in [-0.05, 0) is 38.7 Å². The van der Waals surface area contributed by atoms with Crippen molar-refractivity contribution in [1.82, 2.24) is 33.8 Å². The highest BCUT2D eigenvalue weighted by molar-refractivity contribution is 6.10. The monoisotopic (exact) mass is 418 g/mol. The van der Waals surface area contributed by atoms with E-state index in [1.54, 1.807) is 17.2 Å². The number of carbonyl (C=O) groups is 1. The second kappa shape index (κ2) is 6.57. The Balaban J connectivity index is 1.53. The van der Waals surface area contributed by atoms with E-state index < -0.39 is 0 Å². The zero-order valence-electron chi connectivity index (χ0n) is 18.0. The van der Waals surface area contributed by atoms with Crippen molar-refractivity contribution in [1.29, 1.82) is 0 Å². The molecular weight excluding hydrogens is 392 g/mol. The summed E-state index contributed by atoms with van der Waals surface area (Å²) in [4.78, 5) is 25.3. The molecule has 0 atom stereocenters. The summed E-state index contributed by atoms with van der Waals surface area (Å²) in [7, 11) is 3.86. The van der Waals surface area contributed by atoms with Gasteiger partial charge in [-0.3, -0.25) is 9.48 Å². The van der Waals surface area contributed by atoms with E-state index in [1.165, 1.54) is 0 Å². The molecule has 6 rings (SSSR count). The van der Waals surface area contributed by atoms with Crippen LogP contribution in [-0.2, 0) is 20.6 Å². The lowest BCUT2D eigenvalue weighted by Gasteiger charge is -2.22. The number of rotatable bonds is 6. The van der Waals surface area contributed by atoms with Gasteiger partial charge in [0.1, 0.15) is 16.9 Å². The van der Waals surface area contributed by atoms with Crippen molar-refractivity contribution in [2.24, 2.45) is 14.1 Å². The minimum atomic E-state index is 0.141. The number of aromatic nitrogens is 6. The van der Waals surface area contributed by atoms with Gasteiger partial charge in [-0.2, -0.15) is 5.10 Å². The van der Waals surface area contributed by atoms with Crippen LogP contribution in [0.4, 0.5) is 11.5 Å². The molecule has 31 heavy (non-hydrogen) atoms. The maximum atomic E-state index is 13.6. The van der Waals surface area contributed by atoms with Gasteiger partial charge in [-0.15, -0.1) is 0 Å². The molecule has 4 aromatic rings. The largest absolute Gasteiger partial charge is 0.336 e. The number of amides is 1. The Morgan fingerprint density at radius 2 is 1.97 bits per heavy atom. The third-order valence-corrected chi connectivity index (χ3v) is 6.32. The van der Waals surface area contributed by atoms with Gasteiger partial charge in [-0.1, -0.05) is 0 Å². The molecule has 2 saturated carbocycles. The van der Waals surface area contributed by atoms with Crippen LogP contribution in [0.3, 0.4) is 0 Å². The molecule has 0 spiro atoms. The minimum absolute atomic E-state index is 0.141. The first-order chi connectivity index (χ1) is 15.0. The standard InChI is InChI=1S/C22H26N8O/c1-4-29-17(22(31)30(14-5-6-14)15-7-8-15)9-16-19-18(23-12-27(19)2)20(26-21(16)29)25-13-10-24-28(3)11-13/h9-12,14-15H,4-8H2,1-3H3,(H,25,26). The Hall–Kier alpha value is -3.36. The number of nitrogens with one attached hydrogen (secondary N) is 1. The molecule has 9 heteroatoms. The topological polar surface area (TPSA) is 85.8 Å². The summed E-state index contributed by atoms with van der Waals surface area (Å²) in [6.07, 6.45) is 9.95. The second-order valence-electron chi connectivity index (χ2n) is 8.73. The average molecular weight is 419 g/mol. The molecule has 2 aliphatic rings. The quantitative estimate of drug-likeness (QED) is 0.520. The molecule has 0 aliphatic heterocycles. The van der Waals surface area contributed by atoms with Crippen LogP contribution < -0.4 is 5.32 Å². The normalized spacial score (nSPS) is 16.4. The molecule has 4 aromatic heterocycles. The maximum absolute atomic E-state index is 13.6. The van der Waals surface area contributed by atoms with Crippen LogP contribution in [0.1, 0.15) is 43.1 Å². The SMILES string of the molecule is CCn1c(C(=O)N(C2CC2)C2CC2)cc2c3c(ncn3C)c(Nc3cnn(C)c3)nc21. The molecule has 0 saturated heterocycles. The van der Waals surface area contributed by atoms with Gasteiger partial charge in [0.25, 0.3) is 5.91 Å². The third kappa shape index (κ3) is 2.90. The van der Waals surface area contributed by atoms with Crippen molar-refractivity contribution < 1.29 is 4.79 Å². The Labute approximate surface area is 179 Å². The number of imidazole rings is 1. The molecule has 160 valence electrons. The molecule has 0 bridgehead atoms. The Bertz CT molecular complexity index is 1310. The summed E-state index contributed by atoms with van der Waals surface area (Å²) in [5, 5.41) is 8.56. The van der Waals surface area contributed by atoms with Crippen molar-refractivity contribution in [2.45, 2.75) is 51.2 Å². The van der Waals surface area contributed by atoms with Gasteiger partial charge in [0.15, 0.2) is 5.82 Å². The lowest BCUT2D eigenvalue weighted by molar-refractivity contribution is 0.0719.